The van der Waals surface area contributed by atoms with Crippen LogP contribution < -0.4 is 4.74 Å². The van der Waals surface area contributed by atoms with Crippen LogP contribution in [0.1, 0.15) is 11.9 Å². The Bertz CT molecular complexity index is 751. The van der Waals surface area contributed by atoms with Crippen LogP contribution in [0.4, 0.5) is 22.0 Å². The Morgan fingerprint density at radius 3 is 2.52 bits per heavy atom. The average Bonchev–Trinajstić information content (AvgIpc) is 3.18. The van der Waals surface area contributed by atoms with Gasteiger partial charge in [0.05, 0.1) is 0 Å². The number of halogens is 5. The minimum atomic E-state index is -4.28. The van der Waals surface area contributed by atoms with Crippen LogP contribution in [0.25, 0.3) is 0 Å². The first-order valence-electron chi connectivity index (χ1n) is 7.53. The monoisotopic (exact) mass is 390 g/mol. The van der Waals surface area contributed by atoms with Crippen molar-refractivity contribution in [3.8, 4) is 5.75 Å². The molecule has 1 aromatic heterocycles. The first kappa shape index (κ1) is 20.3. The lowest BCUT2D eigenvalue weighted by molar-refractivity contribution is -0.148. The first-order valence-corrected chi connectivity index (χ1v) is 7.53. The van der Waals surface area contributed by atoms with E-state index in [9.17, 15) is 22.0 Å². The van der Waals surface area contributed by atoms with Crippen LogP contribution >= 0.6 is 0 Å². The molecule has 11 heteroatoms. The van der Waals surface area contributed by atoms with E-state index in [2.05, 4.69) is 26.6 Å². The van der Waals surface area contributed by atoms with E-state index in [4.69, 9.17) is 4.84 Å². The number of alkyl halides is 5. The largest absolute Gasteiger partial charge is 0.487 e. The molecule has 0 saturated carbocycles. The topological polar surface area (TPSA) is 61.5 Å². The van der Waals surface area contributed by atoms with Gasteiger partial charge in [0, 0.05) is 5.56 Å². The minimum Gasteiger partial charge on any atom is -0.487 e. The van der Waals surface area contributed by atoms with Crippen molar-refractivity contribution < 1.29 is 31.5 Å². The Hall–Kier alpha value is -2.98. The Morgan fingerprint density at radius 1 is 1.26 bits per heavy atom. The number of hydrogen-bond acceptors (Lipinski definition) is 5. The number of benzene rings is 1. The van der Waals surface area contributed by atoms with Crippen LogP contribution in [0, 0.1) is 0 Å². The number of aromatic nitrogens is 3. The highest BCUT2D eigenvalue weighted by Crippen LogP contribution is 2.25. The van der Waals surface area contributed by atoms with Crippen LogP contribution in [0.2, 0.25) is 0 Å². The molecule has 146 valence electrons. The molecule has 27 heavy (non-hydrogen) atoms. The fraction of sp³-hybridized carbons (Fsp3) is 0.312. The van der Waals surface area contributed by atoms with E-state index in [1.165, 1.54) is 30.3 Å². The second-order valence-corrected chi connectivity index (χ2v) is 5.15. The number of oxime groups is 1. The summed E-state index contributed by atoms with van der Waals surface area (Å²) in [4.78, 5) is 8.56. The fourth-order valence-corrected chi connectivity index (χ4v) is 1.82. The van der Waals surface area contributed by atoms with E-state index in [1.807, 2.05) is 0 Å². The molecule has 0 aliphatic heterocycles. The van der Waals surface area contributed by atoms with E-state index in [0.717, 1.165) is 17.3 Å². The second-order valence-electron chi connectivity index (χ2n) is 5.15. The Kier molecular flexibility index (Phi) is 6.85. The van der Waals surface area contributed by atoms with Crippen LogP contribution in [0.3, 0.4) is 0 Å². The summed E-state index contributed by atoms with van der Waals surface area (Å²) in [5.41, 5.74) is 0.0573. The first-order chi connectivity index (χ1) is 12.8. The molecular formula is C16H15F5N4O2. The molecule has 6 nitrogen and oxygen atoms in total. The van der Waals surface area contributed by atoms with Crippen molar-refractivity contribution in [3.63, 3.8) is 0 Å². The predicted octanol–water partition coefficient (Wildman–Crippen LogP) is 3.63. The molecule has 0 aliphatic rings. The lowest BCUT2D eigenvalue weighted by Gasteiger charge is -2.16. The molecule has 0 bridgehead atoms. The second kappa shape index (κ2) is 9.10. The maximum atomic E-state index is 14.6. The number of nitrogens with zero attached hydrogens (tertiary/aromatic N) is 4. The van der Waals surface area contributed by atoms with Gasteiger partial charge >= 0.3 is 12.3 Å². The van der Waals surface area contributed by atoms with Gasteiger partial charge in [0.2, 0.25) is 6.30 Å². The highest BCUT2D eigenvalue weighted by Gasteiger charge is 2.41. The molecule has 0 N–H and O–H groups in total. The maximum Gasteiger partial charge on any atom is 0.340 e. The molecule has 0 amide bonds. The molecule has 0 spiro atoms. The number of rotatable bonds is 10. The summed E-state index contributed by atoms with van der Waals surface area (Å²) in [6, 6.07) is 5.06. The quantitative estimate of drug-likeness (QED) is 0.204. The van der Waals surface area contributed by atoms with Crippen molar-refractivity contribution >= 4 is 5.71 Å². The molecular weight excluding hydrogens is 375 g/mol. The summed E-state index contributed by atoms with van der Waals surface area (Å²) in [6.45, 7) is 1.98. The van der Waals surface area contributed by atoms with Crippen molar-refractivity contribution in [3.05, 3.63) is 55.1 Å². The van der Waals surface area contributed by atoms with Gasteiger partial charge in [0.1, 0.15) is 30.7 Å². The van der Waals surface area contributed by atoms with Gasteiger partial charge in [-0.05, 0) is 24.3 Å². The van der Waals surface area contributed by atoms with Crippen molar-refractivity contribution in [2.45, 2.75) is 18.6 Å². The van der Waals surface area contributed by atoms with E-state index in [-0.39, 0.29) is 23.6 Å². The highest BCUT2D eigenvalue weighted by molar-refractivity contribution is 6.02. The Balaban J connectivity index is 2.16. The standard InChI is InChI=1S/C16H15F5N4O2/c1-2-7-27-24-13(14(17)25-10-22-9-23-25)11-3-5-12(6-4-11)26-8-16(20,21)15(18)19/h2-6,9-10,14-15H,1,7-8H2. The minimum absolute atomic E-state index is 0.0253. The summed E-state index contributed by atoms with van der Waals surface area (Å²) >= 11 is 0. The van der Waals surface area contributed by atoms with Gasteiger partial charge in [-0.2, -0.15) is 13.9 Å². The molecule has 1 unspecified atom stereocenters. The van der Waals surface area contributed by atoms with Crippen molar-refractivity contribution in [1.29, 1.82) is 0 Å². The normalized spacial score (nSPS) is 13.5. The fourth-order valence-electron chi connectivity index (χ4n) is 1.82. The zero-order chi connectivity index (χ0) is 19.9. The van der Waals surface area contributed by atoms with E-state index in [1.54, 1.807) is 0 Å². The van der Waals surface area contributed by atoms with Gasteiger partial charge in [-0.1, -0.05) is 17.8 Å². The molecule has 2 rings (SSSR count). The van der Waals surface area contributed by atoms with Gasteiger partial charge < -0.3 is 9.57 Å². The molecule has 2 aromatic rings. The molecule has 0 saturated heterocycles. The molecule has 0 radical (unpaired) electrons. The van der Waals surface area contributed by atoms with Gasteiger partial charge in [-0.25, -0.2) is 22.8 Å². The summed E-state index contributed by atoms with van der Waals surface area (Å²) in [5.74, 6) is -4.37. The number of hydrogen-bond donors (Lipinski definition) is 0. The van der Waals surface area contributed by atoms with Gasteiger partial charge in [-0.3, -0.25) is 0 Å². The zero-order valence-electron chi connectivity index (χ0n) is 13.8. The SMILES string of the molecule is C=CCON=C(c1ccc(OCC(F)(F)C(F)F)cc1)C(F)n1cncn1. The summed E-state index contributed by atoms with van der Waals surface area (Å²) in [6.07, 6.45) is -2.00. The van der Waals surface area contributed by atoms with Crippen LogP contribution in [-0.4, -0.2) is 46.0 Å². The summed E-state index contributed by atoms with van der Waals surface area (Å²) in [5, 5.41) is 7.38. The van der Waals surface area contributed by atoms with Gasteiger partial charge in [-0.15, -0.1) is 0 Å². The summed E-state index contributed by atoms with van der Waals surface area (Å²) in [7, 11) is 0. The van der Waals surface area contributed by atoms with Crippen LogP contribution in [-0.2, 0) is 4.84 Å². The third kappa shape index (κ3) is 5.50. The van der Waals surface area contributed by atoms with Gasteiger partial charge in [0.15, 0.2) is 6.61 Å². The maximum absolute atomic E-state index is 14.6. The predicted molar refractivity (Wildman–Crippen MR) is 85.7 cm³/mol. The smallest absolute Gasteiger partial charge is 0.340 e. The lowest BCUT2D eigenvalue weighted by Crippen LogP contribution is -2.33. The highest BCUT2D eigenvalue weighted by atomic mass is 19.3. The third-order valence-electron chi connectivity index (χ3n) is 3.15. The molecule has 1 heterocycles. The zero-order valence-corrected chi connectivity index (χ0v) is 13.8. The Morgan fingerprint density at radius 2 is 1.96 bits per heavy atom. The van der Waals surface area contributed by atoms with E-state index < -0.39 is 25.3 Å². The van der Waals surface area contributed by atoms with Crippen molar-refractivity contribution in [2.75, 3.05) is 13.2 Å². The Labute approximate surface area is 150 Å². The van der Waals surface area contributed by atoms with E-state index >= 15 is 0 Å². The molecule has 1 aromatic carbocycles. The lowest BCUT2D eigenvalue weighted by atomic mass is 10.1. The van der Waals surface area contributed by atoms with Crippen molar-refractivity contribution in [2.24, 2.45) is 5.16 Å². The molecule has 1 atom stereocenters. The third-order valence-corrected chi connectivity index (χ3v) is 3.15. The molecule has 0 fully saturated rings. The van der Waals surface area contributed by atoms with E-state index in [0.29, 0.717) is 0 Å². The van der Waals surface area contributed by atoms with Gasteiger partial charge in [0.25, 0.3) is 0 Å². The number of ether oxygens (including phenoxy) is 1. The summed E-state index contributed by atoms with van der Waals surface area (Å²) < 4.78 is 70.3. The molecule has 0 aliphatic carbocycles. The van der Waals surface area contributed by atoms with Crippen LogP contribution in [0.15, 0.2) is 54.7 Å². The van der Waals surface area contributed by atoms with Crippen molar-refractivity contribution in [1.82, 2.24) is 14.8 Å². The van der Waals surface area contributed by atoms with Crippen LogP contribution in [0.5, 0.6) is 5.75 Å². The average molecular weight is 390 g/mol.